The van der Waals surface area contributed by atoms with Gasteiger partial charge in [-0.2, -0.15) is 0 Å². The number of esters is 1. The summed E-state index contributed by atoms with van der Waals surface area (Å²) in [6.45, 7) is 0.143. The second kappa shape index (κ2) is 7.93. The molecule has 0 aliphatic heterocycles. The predicted molar refractivity (Wildman–Crippen MR) is 106 cm³/mol. The number of carbonyl (C=O) groups is 2. The highest BCUT2D eigenvalue weighted by molar-refractivity contribution is 5.81. The maximum absolute atomic E-state index is 12.9. The average Bonchev–Trinajstić information content (AvgIpc) is 3.33. The molecule has 1 unspecified atom stereocenters. The molecule has 0 saturated carbocycles. The number of aliphatic carboxylic acids is 1. The SMILES string of the molecule is N[C@H](CC(=O)O)C(C(=O)OCC1c2ccccc2-c2ccccc21)c1ccco1. The highest BCUT2D eigenvalue weighted by atomic mass is 16.5. The standard InChI is InChI=1S/C23H21NO5/c24-19(12-21(25)26)22(20-10-5-11-28-20)23(27)29-13-18-16-8-3-1-6-14(16)15-7-2-4-9-17(15)18/h1-11,18-19,22H,12-13,24H2,(H,25,26)/t19-,22?/m1/s1. The summed E-state index contributed by atoms with van der Waals surface area (Å²) in [5, 5.41) is 9.07. The first kappa shape index (κ1) is 19.0. The van der Waals surface area contributed by atoms with Crippen LogP contribution in [0.4, 0.5) is 0 Å². The maximum atomic E-state index is 12.9. The van der Waals surface area contributed by atoms with Crippen molar-refractivity contribution in [3.63, 3.8) is 0 Å². The maximum Gasteiger partial charge on any atom is 0.318 e. The Kier molecular flexibility index (Phi) is 5.18. The van der Waals surface area contributed by atoms with Gasteiger partial charge in [-0.15, -0.1) is 0 Å². The van der Waals surface area contributed by atoms with Crippen molar-refractivity contribution in [2.24, 2.45) is 5.73 Å². The molecule has 1 heterocycles. The van der Waals surface area contributed by atoms with Crippen LogP contribution >= 0.6 is 0 Å². The van der Waals surface area contributed by atoms with Gasteiger partial charge in [-0.25, -0.2) is 0 Å². The van der Waals surface area contributed by atoms with Crippen LogP contribution in [0.2, 0.25) is 0 Å². The van der Waals surface area contributed by atoms with Gasteiger partial charge in [0, 0.05) is 12.0 Å². The van der Waals surface area contributed by atoms with E-state index in [0.29, 0.717) is 5.76 Å². The van der Waals surface area contributed by atoms with Gasteiger partial charge in [-0.3, -0.25) is 9.59 Å². The Balaban J connectivity index is 1.56. The van der Waals surface area contributed by atoms with Crippen LogP contribution in [0.1, 0.15) is 35.1 Å². The molecule has 0 fully saturated rings. The summed E-state index contributed by atoms with van der Waals surface area (Å²) in [6, 6.07) is 18.4. The third-order valence-corrected chi connectivity index (χ3v) is 5.30. The van der Waals surface area contributed by atoms with Crippen molar-refractivity contribution in [3.05, 3.63) is 83.8 Å². The van der Waals surface area contributed by atoms with Gasteiger partial charge in [0.15, 0.2) is 0 Å². The second-order valence-corrected chi connectivity index (χ2v) is 7.11. The molecule has 6 nitrogen and oxygen atoms in total. The van der Waals surface area contributed by atoms with Crippen molar-refractivity contribution in [1.82, 2.24) is 0 Å². The van der Waals surface area contributed by atoms with Crippen molar-refractivity contribution in [3.8, 4) is 11.1 Å². The first-order valence-electron chi connectivity index (χ1n) is 9.42. The van der Waals surface area contributed by atoms with Crippen molar-refractivity contribution in [2.45, 2.75) is 24.3 Å². The average molecular weight is 391 g/mol. The van der Waals surface area contributed by atoms with E-state index in [1.165, 1.54) is 6.26 Å². The molecule has 2 atom stereocenters. The monoisotopic (exact) mass is 391 g/mol. The number of ether oxygens (including phenoxy) is 1. The zero-order valence-corrected chi connectivity index (χ0v) is 15.7. The van der Waals surface area contributed by atoms with E-state index in [9.17, 15) is 9.59 Å². The Morgan fingerprint density at radius 3 is 2.17 bits per heavy atom. The van der Waals surface area contributed by atoms with Gasteiger partial charge < -0.3 is 20.0 Å². The van der Waals surface area contributed by atoms with Crippen LogP contribution in [0.5, 0.6) is 0 Å². The molecule has 0 spiro atoms. The van der Waals surface area contributed by atoms with Gasteiger partial charge in [0.25, 0.3) is 0 Å². The fraction of sp³-hybridized carbons (Fsp3) is 0.217. The summed E-state index contributed by atoms with van der Waals surface area (Å²) in [7, 11) is 0. The predicted octanol–water partition coefficient (Wildman–Crippen LogP) is 3.52. The Labute approximate surface area is 167 Å². The molecular formula is C23H21NO5. The lowest BCUT2D eigenvalue weighted by atomic mass is 9.94. The van der Waals surface area contributed by atoms with E-state index >= 15 is 0 Å². The van der Waals surface area contributed by atoms with Crippen LogP contribution in [-0.4, -0.2) is 29.7 Å². The summed E-state index contributed by atoms with van der Waals surface area (Å²) in [5.41, 5.74) is 10.5. The van der Waals surface area contributed by atoms with Crippen LogP contribution in [0.3, 0.4) is 0 Å². The molecule has 4 rings (SSSR count). The minimum absolute atomic E-state index is 0.0840. The van der Waals surface area contributed by atoms with E-state index in [4.69, 9.17) is 20.0 Å². The van der Waals surface area contributed by atoms with Gasteiger partial charge >= 0.3 is 11.9 Å². The van der Waals surface area contributed by atoms with Gasteiger partial charge in [0.2, 0.25) is 0 Å². The molecule has 0 radical (unpaired) electrons. The number of hydrogen-bond acceptors (Lipinski definition) is 5. The quantitative estimate of drug-likeness (QED) is 0.598. The van der Waals surface area contributed by atoms with Crippen molar-refractivity contribution < 1.29 is 23.8 Å². The number of carboxylic acid groups (broad SMARTS) is 1. The molecule has 2 aromatic carbocycles. The van der Waals surface area contributed by atoms with Crippen LogP contribution in [0, 0.1) is 0 Å². The first-order valence-corrected chi connectivity index (χ1v) is 9.42. The smallest absolute Gasteiger partial charge is 0.318 e. The second-order valence-electron chi connectivity index (χ2n) is 7.11. The molecule has 0 bridgehead atoms. The summed E-state index contributed by atoms with van der Waals surface area (Å²) >= 11 is 0. The molecule has 6 heteroatoms. The summed E-state index contributed by atoms with van der Waals surface area (Å²) < 4.78 is 11.0. The molecule has 0 saturated heterocycles. The minimum atomic E-state index is -1.08. The Hall–Kier alpha value is -3.38. The van der Waals surface area contributed by atoms with E-state index in [2.05, 4.69) is 12.1 Å². The molecule has 3 aromatic rings. The molecular weight excluding hydrogens is 370 g/mol. The fourth-order valence-corrected chi connectivity index (χ4v) is 3.98. The van der Waals surface area contributed by atoms with E-state index in [-0.39, 0.29) is 18.9 Å². The van der Waals surface area contributed by atoms with Gasteiger partial charge in [-0.1, -0.05) is 48.5 Å². The Morgan fingerprint density at radius 1 is 1.00 bits per heavy atom. The van der Waals surface area contributed by atoms with E-state index in [1.807, 2.05) is 36.4 Å². The van der Waals surface area contributed by atoms with Crippen molar-refractivity contribution in [2.75, 3.05) is 6.61 Å². The van der Waals surface area contributed by atoms with Gasteiger partial charge in [0.05, 0.1) is 12.7 Å². The number of fused-ring (bicyclic) bond motifs is 3. The summed E-state index contributed by atoms with van der Waals surface area (Å²) in [5.74, 6) is -2.43. The molecule has 1 aromatic heterocycles. The van der Waals surface area contributed by atoms with Gasteiger partial charge in [-0.05, 0) is 34.4 Å². The number of benzene rings is 2. The number of nitrogens with two attached hydrogens (primary N) is 1. The van der Waals surface area contributed by atoms with E-state index in [1.54, 1.807) is 12.1 Å². The molecule has 29 heavy (non-hydrogen) atoms. The van der Waals surface area contributed by atoms with Crippen LogP contribution in [-0.2, 0) is 14.3 Å². The first-order chi connectivity index (χ1) is 14.1. The number of furan rings is 1. The van der Waals surface area contributed by atoms with Gasteiger partial charge in [0.1, 0.15) is 18.3 Å². The molecule has 1 aliphatic rings. The van der Waals surface area contributed by atoms with E-state index < -0.39 is 23.9 Å². The van der Waals surface area contributed by atoms with E-state index in [0.717, 1.165) is 22.3 Å². The van der Waals surface area contributed by atoms with Crippen LogP contribution in [0.25, 0.3) is 11.1 Å². The Bertz CT molecular complexity index is 982. The van der Waals surface area contributed by atoms with Crippen molar-refractivity contribution in [1.29, 1.82) is 0 Å². The number of carboxylic acids is 1. The Morgan fingerprint density at radius 2 is 1.62 bits per heavy atom. The topological polar surface area (TPSA) is 103 Å². The normalized spacial score (nSPS) is 14.7. The molecule has 0 amide bonds. The molecule has 1 aliphatic carbocycles. The third kappa shape index (κ3) is 3.67. The third-order valence-electron chi connectivity index (χ3n) is 5.30. The largest absolute Gasteiger partial charge is 0.481 e. The summed E-state index contributed by atoms with van der Waals surface area (Å²) in [4.78, 5) is 24.0. The lowest BCUT2D eigenvalue weighted by Crippen LogP contribution is -2.36. The number of rotatable bonds is 7. The zero-order valence-electron chi connectivity index (χ0n) is 15.7. The fourth-order valence-electron chi connectivity index (χ4n) is 3.98. The molecule has 148 valence electrons. The highest BCUT2D eigenvalue weighted by Crippen LogP contribution is 2.44. The summed E-state index contributed by atoms with van der Waals surface area (Å²) in [6.07, 6.45) is 1.06. The number of carbonyl (C=O) groups excluding carboxylic acids is 1. The van der Waals surface area contributed by atoms with Crippen LogP contribution < -0.4 is 5.73 Å². The lowest BCUT2D eigenvalue weighted by Gasteiger charge is -2.21. The van der Waals surface area contributed by atoms with Crippen molar-refractivity contribution >= 4 is 11.9 Å². The minimum Gasteiger partial charge on any atom is -0.481 e. The highest BCUT2D eigenvalue weighted by Gasteiger charge is 2.35. The zero-order chi connectivity index (χ0) is 20.4. The van der Waals surface area contributed by atoms with Crippen LogP contribution in [0.15, 0.2) is 71.3 Å². The lowest BCUT2D eigenvalue weighted by molar-refractivity contribution is -0.147. The molecule has 3 N–H and O–H groups in total. The number of hydrogen-bond donors (Lipinski definition) is 2.